The van der Waals surface area contributed by atoms with E-state index in [9.17, 15) is 0 Å². The molecule has 0 spiro atoms. The van der Waals surface area contributed by atoms with E-state index in [0.717, 1.165) is 12.0 Å². The lowest BCUT2D eigenvalue weighted by Gasteiger charge is -1.85. The average Bonchev–Trinajstić information content (AvgIpc) is 1.83. The third-order valence-electron chi connectivity index (χ3n) is 0.937. The van der Waals surface area contributed by atoms with Gasteiger partial charge in [0.2, 0.25) is 0 Å². The summed E-state index contributed by atoms with van der Waals surface area (Å²) in [6.45, 7) is 4.01. The molecule has 0 radical (unpaired) electrons. The highest BCUT2D eigenvalue weighted by Crippen LogP contribution is 1.96. The van der Waals surface area contributed by atoms with Crippen LogP contribution in [0.1, 0.15) is 20.3 Å². The van der Waals surface area contributed by atoms with Crippen LogP contribution in [0, 0.1) is 11.3 Å². The molecule has 0 atom stereocenters. The second kappa shape index (κ2) is 4.74. The Morgan fingerprint density at radius 3 is 2.50 bits per heavy atom. The zero-order valence-electron chi connectivity index (χ0n) is 5.16. The van der Waals surface area contributed by atoms with E-state index in [0.29, 0.717) is 0 Å². The van der Waals surface area contributed by atoms with Crippen molar-refractivity contribution in [3.63, 3.8) is 0 Å². The molecule has 0 aromatic rings. The van der Waals surface area contributed by atoms with Crippen molar-refractivity contribution in [1.82, 2.24) is 0 Å². The van der Waals surface area contributed by atoms with Gasteiger partial charge in [-0.1, -0.05) is 18.9 Å². The molecule has 0 aliphatic rings. The van der Waals surface area contributed by atoms with Crippen LogP contribution in [-0.2, 0) is 0 Å². The normalized spacial score (nSPS) is 10.1. The van der Waals surface area contributed by atoms with Crippen LogP contribution in [0.3, 0.4) is 0 Å². The van der Waals surface area contributed by atoms with Crippen molar-refractivity contribution in [3.05, 3.63) is 11.6 Å². The van der Waals surface area contributed by atoms with Gasteiger partial charge in [0.15, 0.2) is 0 Å². The monoisotopic (exact) mass is 128 g/mol. The quantitative estimate of drug-likeness (QED) is 0.476. The molecule has 0 bridgehead atoms. The Balaban J connectivity index is 3.86. The molecule has 0 aromatic carbocycles. The van der Waals surface area contributed by atoms with Crippen LogP contribution in [0.25, 0.3) is 0 Å². The fraction of sp³-hybridized carbons (Fsp3) is 0.429. The summed E-state index contributed by atoms with van der Waals surface area (Å²) in [5.41, 5.74) is 1.10. The van der Waals surface area contributed by atoms with Crippen LogP contribution in [0.5, 0.6) is 0 Å². The molecule has 0 fully saturated rings. The number of rotatable bonds is 1. The highest BCUT2D eigenvalue weighted by atomic mass is 35.5. The van der Waals surface area contributed by atoms with Gasteiger partial charge in [-0.2, -0.15) is 0 Å². The minimum Gasteiger partial charge on any atom is -0.0760 e. The third-order valence-corrected chi connectivity index (χ3v) is 1.03. The van der Waals surface area contributed by atoms with Gasteiger partial charge in [-0.05, 0) is 30.5 Å². The molecule has 0 amide bonds. The van der Waals surface area contributed by atoms with Gasteiger partial charge in [-0.25, -0.2) is 0 Å². The van der Waals surface area contributed by atoms with E-state index in [2.05, 4.69) is 18.2 Å². The van der Waals surface area contributed by atoms with E-state index in [1.807, 2.05) is 13.0 Å². The van der Waals surface area contributed by atoms with Crippen molar-refractivity contribution in [1.29, 1.82) is 0 Å². The zero-order valence-corrected chi connectivity index (χ0v) is 5.92. The standard InChI is InChI=1S/C7H9Cl/c1-3-7(4-2)5-6-8/h3H,4H2,1-2H3. The van der Waals surface area contributed by atoms with Crippen molar-refractivity contribution in [3.8, 4) is 11.3 Å². The molecule has 0 rings (SSSR count). The maximum Gasteiger partial charge on any atom is 0.00917 e. The Morgan fingerprint density at radius 1 is 1.75 bits per heavy atom. The first kappa shape index (κ1) is 7.59. The van der Waals surface area contributed by atoms with Gasteiger partial charge in [0.1, 0.15) is 0 Å². The van der Waals surface area contributed by atoms with Gasteiger partial charge in [-0.3, -0.25) is 0 Å². The molecule has 0 aliphatic carbocycles. The summed E-state index contributed by atoms with van der Waals surface area (Å²) in [7, 11) is 0. The van der Waals surface area contributed by atoms with Crippen LogP contribution in [0.4, 0.5) is 0 Å². The summed E-state index contributed by atoms with van der Waals surface area (Å²) in [5.74, 6) is 2.76. The predicted molar refractivity (Wildman–Crippen MR) is 37.7 cm³/mol. The number of halogens is 1. The van der Waals surface area contributed by atoms with E-state index in [1.54, 1.807) is 0 Å². The maximum atomic E-state index is 5.15. The SMILES string of the molecule is CC=C(C#CCl)CC. The van der Waals surface area contributed by atoms with Crippen LogP contribution in [-0.4, -0.2) is 0 Å². The number of hydrogen-bond acceptors (Lipinski definition) is 0. The second-order valence-corrected chi connectivity index (χ2v) is 1.58. The molecule has 0 heterocycles. The van der Waals surface area contributed by atoms with Crippen LogP contribution < -0.4 is 0 Å². The summed E-state index contributed by atoms with van der Waals surface area (Å²) in [4.78, 5) is 0. The Kier molecular flexibility index (Phi) is 4.50. The van der Waals surface area contributed by atoms with E-state index < -0.39 is 0 Å². The molecular formula is C7H9Cl. The summed E-state index contributed by atoms with van der Waals surface area (Å²) in [6, 6.07) is 0. The Hall–Kier alpha value is -0.410. The number of hydrogen-bond donors (Lipinski definition) is 0. The van der Waals surface area contributed by atoms with E-state index >= 15 is 0 Å². The molecule has 1 heteroatoms. The molecule has 0 unspecified atom stereocenters. The highest BCUT2D eigenvalue weighted by molar-refractivity contribution is 6.30. The van der Waals surface area contributed by atoms with Gasteiger partial charge in [-0.15, -0.1) is 0 Å². The van der Waals surface area contributed by atoms with E-state index in [1.165, 1.54) is 0 Å². The first-order valence-corrected chi connectivity index (χ1v) is 2.99. The number of allylic oxidation sites excluding steroid dienone is 2. The van der Waals surface area contributed by atoms with Crippen molar-refractivity contribution >= 4 is 11.6 Å². The fourth-order valence-electron chi connectivity index (χ4n) is 0.425. The summed E-state index contributed by atoms with van der Waals surface area (Å²) in [6.07, 6.45) is 2.94. The van der Waals surface area contributed by atoms with Gasteiger partial charge in [0.05, 0.1) is 0 Å². The summed E-state index contributed by atoms with van der Waals surface area (Å²) >= 11 is 5.15. The lowest BCUT2D eigenvalue weighted by atomic mass is 10.2. The third kappa shape index (κ3) is 2.71. The van der Waals surface area contributed by atoms with E-state index in [-0.39, 0.29) is 0 Å². The molecule has 44 valence electrons. The predicted octanol–water partition coefficient (Wildman–Crippen LogP) is 2.54. The van der Waals surface area contributed by atoms with Crippen molar-refractivity contribution in [2.24, 2.45) is 0 Å². The van der Waals surface area contributed by atoms with Crippen LogP contribution in [0.15, 0.2) is 11.6 Å². The van der Waals surface area contributed by atoms with Gasteiger partial charge < -0.3 is 0 Å². The Labute approximate surface area is 55.5 Å². The zero-order chi connectivity index (χ0) is 6.41. The minimum atomic E-state index is 0.968. The maximum absolute atomic E-state index is 5.15. The lowest BCUT2D eigenvalue weighted by molar-refractivity contribution is 1.16. The first-order chi connectivity index (χ1) is 3.85. The largest absolute Gasteiger partial charge is 0.0760 e. The molecule has 0 aromatic heterocycles. The molecule has 0 saturated heterocycles. The topological polar surface area (TPSA) is 0 Å². The van der Waals surface area contributed by atoms with Gasteiger partial charge >= 0.3 is 0 Å². The fourth-order valence-corrected chi connectivity index (χ4v) is 0.547. The van der Waals surface area contributed by atoms with Crippen LogP contribution >= 0.6 is 11.6 Å². The van der Waals surface area contributed by atoms with Crippen molar-refractivity contribution in [2.45, 2.75) is 20.3 Å². The molecule has 8 heavy (non-hydrogen) atoms. The Bertz CT molecular complexity index is 134. The average molecular weight is 129 g/mol. The smallest absolute Gasteiger partial charge is 0.00917 e. The molecule has 0 nitrogen and oxygen atoms in total. The molecule has 0 N–H and O–H groups in total. The first-order valence-electron chi connectivity index (χ1n) is 2.62. The van der Waals surface area contributed by atoms with Crippen LogP contribution in [0.2, 0.25) is 0 Å². The minimum absolute atomic E-state index is 0.968. The van der Waals surface area contributed by atoms with Gasteiger partial charge in [0.25, 0.3) is 0 Å². The Morgan fingerprint density at radius 2 is 2.38 bits per heavy atom. The summed E-state index contributed by atoms with van der Waals surface area (Å²) < 4.78 is 0. The highest BCUT2D eigenvalue weighted by Gasteiger charge is 1.80. The summed E-state index contributed by atoms with van der Waals surface area (Å²) in [5, 5.41) is 2.32. The van der Waals surface area contributed by atoms with Gasteiger partial charge in [0, 0.05) is 5.38 Å². The van der Waals surface area contributed by atoms with E-state index in [4.69, 9.17) is 11.6 Å². The molecule has 0 saturated carbocycles. The van der Waals surface area contributed by atoms with Crippen molar-refractivity contribution in [2.75, 3.05) is 0 Å². The van der Waals surface area contributed by atoms with Crippen molar-refractivity contribution < 1.29 is 0 Å². The second-order valence-electron chi connectivity index (χ2n) is 1.39. The molecular weight excluding hydrogens is 120 g/mol. The lowest BCUT2D eigenvalue weighted by Crippen LogP contribution is -1.69. The molecule has 0 aliphatic heterocycles.